The molecule has 0 radical (unpaired) electrons. The number of aromatic nitrogens is 2. The summed E-state index contributed by atoms with van der Waals surface area (Å²) in [5.41, 5.74) is 4.78. The van der Waals surface area contributed by atoms with Crippen LogP contribution in [-0.4, -0.2) is 21.6 Å². The Labute approximate surface area is 164 Å². The lowest BCUT2D eigenvalue weighted by Gasteiger charge is -2.11. The Hall–Kier alpha value is -3.47. The number of hydrogen-bond donors (Lipinski definition) is 2. The molecule has 5 heteroatoms. The largest absolute Gasteiger partial charge is 0.504 e. The highest BCUT2D eigenvalue weighted by molar-refractivity contribution is 5.80. The molecule has 0 atom stereocenters. The van der Waals surface area contributed by atoms with Crippen LogP contribution >= 0.6 is 0 Å². The molecule has 2 aromatic carbocycles. The fraction of sp³-hybridized carbons (Fsp3) is 0.174. The number of fused-ring (bicyclic) bond motifs is 1. The van der Waals surface area contributed by atoms with Gasteiger partial charge in [-0.25, -0.2) is 4.98 Å². The van der Waals surface area contributed by atoms with Crippen LogP contribution in [0.1, 0.15) is 25.3 Å². The number of phenolic OH excluding ortho intramolecular Hbond substituents is 1. The Balaban J connectivity index is 1.81. The topological polar surface area (TPSA) is 58.8 Å². The number of methoxy groups -OCH3 is 1. The van der Waals surface area contributed by atoms with E-state index in [4.69, 9.17) is 9.72 Å². The van der Waals surface area contributed by atoms with Crippen LogP contribution in [0.2, 0.25) is 0 Å². The second kappa shape index (κ2) is 7.27. The average molecular weight is 373 g/mol. The number of benzene rings is 2. The molecular formula is C23H23N3O2. The summed E-state index contributed by atoms with van der Waals surface area (Å²) in [6, 6.07) is 19.6. The van der Waals surface area contributed by atoms with Crippen molar-refractivity contribution < 1.29 is 9.84 Å². The Morgan fingerprint density at radius 3 is 2.54 bits per heavy atom. The van der Waals surface area contributed by atoms with Crippen LogP contribution < -0.4 is 10.1 Å². The van der Waals surface area contributed by atoms with Gasteiger partial charge in [-0.05, 0) is 53.9 Å². The Morgan fingerprint density at radius 2 is 1.82 bits per heavy atom. The fourth-order valence-corrected chi connectivity index (χ4v) is 3.23. The number of nitrogens with one attached hydrogen (secondary N) is 1. The first-order valence-corrected chi connectivity index (χ1v) is 9.28. The summed E-state index contributed by atoms with van der Waals surface area (Å²) in [5, 5.41) is 13.4. The zero-order chi connectivity index (χ0) is 19.7. The Kier molecular flexibility index (Phi) is 4.65. The van der Waals surface area contributed by atoms with Crippen LogP contribution in [0.3, 0.4) is 0 Å². The van der Waals surface area contributed by atoms with Gasteiger partial charge < -0.3 is 15.2 Å². The maximum Gasteiger partial charge on any atom is 0.161 e. The summed E-state index contributed by atoms with van der Waals surface area (Å²) >= 11 is 0. The first-order chi connectivity index (χ1) is 13.6. The van der Waals surface area contributed by atoms with E-state index < -0.39 is 0 Å². The number of anilines is 2. The highest BCUT2D eigenvalue weighted by atomic mass is 16.5. The van der Waals surface area contributed by atoms with Crippen LogP contribution in [0.4, 0.5) is 11.5 Å². The van der Waals surface area contributed by atoms with Crippen LogP contribution in [0.15, 0.2) is 66.9 Å². The van der Waals surface area contributed by atoms with Crippen molar-refractivity contribution in [2.45, 2.75) is 19.8 Å². The van der Waals surface area contributed by atoms with Gasteiger partial charge in [0.25, 0.3) is 0 Å². The van der Waals surface area contributed by atoms with E-state index in [0.29, 0.717) is 11.7 Å². The molecule has 0 saturated carbocycles. The average Bonchev–Trinajstić information content (AvgIpc) is 3.07. The molecule has 0 fully saturated rings. The molecule has 2 N–H and O–H groups in total. The second-order valence-corrected chi connectivity index (χ2v) is 7.03. The first-order valence-electron chi connectivity index (χ1n) is 9.28. The maximum atomic E-state index is 9.93. The predicted molar refractivity (Wildman–Crippen MR) is 113 cm³/mol. The van der Waals surface area contributed by atoms with Gasteiger partial charge in [0.2, 0.25) is 0 Å². The van der Waals surface area contributed by atoms with Crippen LogP contribution in [-0.2, 0) is 0 Å². The summed E-state index contributed by atoms with van der Waals surface area (Å²) in [6.45, 7) is 4.37. The number of hydrogen-bond acceptors (Lipinski definition) is 4. The standard InChI is InChI=1S/C23H23N3O2/c1-15(2)16-7-10-18(11-8-16)24-23-22(25-21-6-4-5-13-26(21)23)17-9-12-19(27)20(14-17)28-3/h4-15,24,27H,1-3H3. The smallest absolute Gasteiger partial charge is 0.161 e. The number of imidazole rings is 1. The van der Waals surface area contributed by atoms with Crippen molar-refractivity contribution in [1.29, 1.82) is 0 Å². The lowest BCUT2D eigenvalue weighted by atomic mass is 10.0. The van der Waals surface area contributed by atoms with Crippen molar-refractivity contribution in [3.63, 3.8) is 0 Å². The molecule has 2 aromatic heterocycles. The van der Waals surface area contributed by atoms with Gasteiger partial charge in [-0.3, -0.25) is 4.40 Å². The Morgan fingerprint density at radius 1 is 1.04 bits per heavy atom. The molecule has 0 spiro atoms. The van der Waals surface area contributed by atoms with Gasteiger partial charge in [0.15, 0.2) is 11.5 Å². The quantitative estimate of drug-likeness (QED) is 0.479. The molecule has 4 aromatic rings. The highest BCUT2D eigenvalue weighted by Crippen LogP contribution is 2.36. The van der Waals surface area contributed by atoms with Crippen molar-refractivity contribution in [2.75, 3.05) is 12.4 Å². The van der Waals surface area contributed by atoms with Crippen molar-refractivity contribution in [3.05, 3.63) is 72.4 Å². The molecule has 0 aliphatic heterocycles. The zero-order valence-corrected chi connectivity index (χ0v) is 16.2. The number of phenols is 1. The lowest BCUT2D eigenvalue weighted by molar-refractivity contribution is 0.373. The van der Waals surface area contributed by atoms with E-state index in [2.05, 4.69) is 43.4 Å². The van der Waals surface area contributed by atoms with E-state index in [-0.39, 0.29) is 5.75 Å². The van der Waals surface area contributed by atoms with E-state index >= 15 is 0 Å². The van der Waals surface area contributed by atoms with Gasteiger partial charge in [-0.15, -0.1) is 0 Å². The normalized spacial score (nSPS) is 11.1. The molecule has 0 aliphatic carbocycles. The fourth-order valence-electron chi connectivity index (χ4n) is 3.23. The summed E-state index contributed by atoms with van der Waals surface area (Å²) in [4.78, 5) is 4.79. The predicted octanol–water partition coefficient (Wildman–Crippen LogP) is 5.58. The lowest BCUT2D eigenvalue weighted by Crippen LogP contribution is -1.97. The first kappa shape index (κ1) is 17.9. The minimum absolute atomic E-state index is 0.105. The van der Waals surface area contributed by atoms with Crippen LogP contribution in [0.5, 0.6) is 11.5 Å². The molecular weight excluding hydrogens is 350 g/mol. The molecule has 2 heterocycles. The van der Waals surface area contributed by atoms with Crippen molar-refractivity contribution in [1.82, 2.24) is 9.38 Å². The minimum atomic E-state index is 0.105. The molecule has 0 aliphatic rings. The second-order valence-electron chi connectivity index (χ2n) is 7.03. The van der Waals surface area contributed by atoms with E-state index in [1.165, 1.54) is 12.7 Å². The number of ether oxygens (including phenoxy) is 1. The van der Waals surface area contributed by atoms with Gasteiger partial charge in [-0.2, -0.15) is 0 Å². The third-order valence-electron chi connectivity index (χ3n) is 4.82. The zero-order valence-electron chi connectivity index (χ0n) is 16.2. The van der Waals surface area contributed by atoms with Gasteiger partial charge >= 0.3 is 0 Å². The minimum Gasteiger partial charge on any atom is -0.504 e. The highest BCUT2D eigenvalue weighted by Gasteiger charge is 2.16. The van der Waals surface area contributed by atoms with Gasteiger partial charge in [0, 0.05) is 17.4 Å². The molecule has 0 amide bonds. The van der Waals surface area contributed by atoms with Gasteiger partial charge in [0.1, 0.15) is 17.2 Å². The van der Waals surface area contributed by atoms with Gasteiger partial charge in [0.05, 0.1) is 7.11 Å². The molecule has 4 rings (SSSR count). The molecule has 0 saturated heterocycles. The molecule has 28 heavy (non-hydrogen) atoms. The number of nitrogens with zero attached hydrogens (tertiary/aromatic N) is 2. The third kappa shape index (κ3) is 3.27. The summed E-state index contributed by atoms with van der Waals surface area (Å²) in [5.74, 6) is 1.88. The number of pyridine rings is 1. The number of rotatable bonds is 5. The molecule has 5 nitrogen and oxygen atoms in total. The van der Waals surface area contributed by atoms with Crippen LogP contribution in [0, 0.1) is 0 Å². The number of aromatic hydroxyl groups is 1. The van der Waals surface area contributed by atoms with Crippen molar-refractivity contribution in [2.24, 2.45) is 0 Å². The van der Waals surface area contributed by atoms with Crippen molar-refractivity contribution in [3.8, 4) is 22.8 Å². The monoisotopic (exact) mass is 373 g/mol. The van der Waals surface area contributed by atoms with E-state index in [9.17, 15) is 5.11 Å². The third-order valence-corrected chi connectivity index (χ3v) is 4.82. The van der Waals surface area contributed by atoms with E-state index in [1.807, 2.05) is 34.9 Å². The summed E-state index contributed by atoms with van der Waals surface area (Å²) in [7, 11) is 1.54. The van der Waals surface area contributed by atoms with Crippen LogP contribution in [0.25, 0.3) is 16.9 Å². The van der Waals surface area contributed by atoms with E-state index in [1.54, 1.807) is 12.1 Å². The van der Waals surface area contributed by atoms with Crippen molar-refractivity contribution >= 4 is 17.2 Å². The molecule has 142 valence electrons. The Bertz CT molecular complexity index is 1110. The van der Waals surface area contributed by atoms with E-state index in [0.717, 1.165) is 28.4 Å². The molecule has 0 unspecified atom stereocenters. The van der Waals surface area contributed by atoms with Gasteiger partial charge in [-0.1, -0.05) is 32.0 Å². The maximum absolute atomic E-state index is 9.93. The molecule has 0 bridgehead atoms. The summed E-state index contributed by atoms with van der Waals surface area (Å²) < 4.78 is 7.29. The summed E-state index contributed by atoms with van der Waals surface area (Å²) in [6.07, 6.45) is 1.98. The SMILES string of the molecule is COc1cc(-c2nc3ccccn3c2Nc2ccc(C(C)C)cc2)ccc1O.